The first-order chi connectivity index (χ1) is 17.6. The number of nitrogens with zero attached hydrogens (tertiary/aromatic N) is 1. The number of carbonyl (C=O) groups excluding carboxylic acids is 2. The van der Waals surface area contributed by atoms with Crippen LogP contribution in [0.3, 0.4) is 0 Å². The first kappa shape index (κ1) is 23.8. The molecule has 7 heteroatoms. The van der Waals surface area contributed by atoms with Crippen molar-refractivity contribution in [2.24, 2.45) is 0 Å². The van der Waals surface area contributed by atoms with Gasteiger partial charge in [-0.25, -0.2) is 4.79 Å². The molecule has 5 rings (SSSR count). The van der Waals surface area contributed by atoms with E-state index < -0.39 is 5.97 Å². The van der Waals surface area contributed by atoms with Crippen LogP contribution in [0.15, 0.2) is 84.9 Å². The third-order valence-electron chi connectivity index (χ3n) is 6.10. The average molecular weight is 499 g/mol. The maximum absolute atomic E-state index is 13.4. The van der Waals surface area contributed by atoms with Gasteiger partial charge < -0.3 is 14.8 Å². The number of thiophene rings is 1. The third-order valence-corrected chi connectivity index (χ3v) is 7.24. The van der Waals surface area contributed by atoms with Crippen LogP contribution in [-0.4, -0.2) is 30.4 Å². The number of fused-ring (bicyclic) bond motifs is 1. The molecular weight excluding hydrogens is 472 g/mol. The molecular formula is C29H26N2O4S. The van der Waals surface area contributed by atoms with Gasteiger partial charge >= 0.3 is 5.97 Å². The van der Waals surface area contributed by atoms with Crippen molar-refractivity contribution in [3.05, 3.63) is 112 Å². The Morgan fingerprint density at radius 2 is 1.64 bits per heavy atom. The van der Waals surface area contributed by atoms with Crippen LogP contribution in [0.1, 0.15) is 36.7 Å². The maximum Gasteiger partial charge on any atom is 0.341 e. The van der Waals surface area contributed by atoms with Crippen LogP contribution in [0.4, 0.5) is 5.00 Å². The summed E-state index contributed by atoms with van der Waals surface area (Å²) in [7, 11) is 1.37. The van der Waals surface area contributed by atoms with E-state index in [1.54, 1.807) is 18.2 Å². The minimum Gasteiger partial charge on any atom is -0.465 e. The van der Waals surface area contributed by atoms with Crippen molar-refractivity contribution in [2.45, 2.75) is 19.5 Å². The second-order valence-corrected chi connectivity index (χ2v) is 9.62. The lowest BCUT2D eigenvalue weighted by Gasteiger charge is -2.27. The highest BCUT2D eigenvalue weighted by Crippen LogP contribution is 2.38. The first-order valence-electron chi connectivity index (χ1n) is 11.7. The summed E-state index contributed by atoms with van der Waals surface area (Å²) in [5.41, 5.74) is 3.04. The molecule has 0 fully saturated rings. The van der Waals surface area contributed by atoms with Gasteiger partial charge in [0.15, 0.2) is 0 Å². The van der Waals surface area contributed by atoms with Crippen LogP contribution in [0, 0.1) is 0 Å². The topological polar surface area (TPSA) is 67.9 Å². The van der Waals surface area contributed by atoms with E-state index in [2.05, 4.69) is 22.3 Å². The number of benzene rings is 3. The summed E-state index contributed by atoms with van der Waals surface area (Å²) in [6, 6.07) is 26.7. The smallest absolute Gasteiger partial charge is 0.341 e. The molecule has 0 bridgehead atoms. The van der Waals surface area contributed by atoms with Gasteiger partial charge in [0.05, 0.1) is 18.2 Å². The molecule has 1 aliphatic heterocycles. The van der Waals surface area contributed by atoms with Gasteiger partial charge in [-0.15, -0.1) is 11.3 Å². The largest absolute Gasteiger partial charge is 0.465 e. The summed E-state index contributed by atoms with van der Waals surface area (Å²) >= 11 is 1.44. The van der Waals surface area contributed by atoms with Gasteiger partial charge in [0.2, 0.25) is 0 Å². The zero-order valence-corrected chi connectivity index (χ0v) is 20.7. The van der Waals surface area contributed by atoms with Crippen molar-refractivity contribution in [1.29, 1.82) is 0 Å². The van der Waals surface area contributed by atoms with E-state index in [0.29, 0.717) is 40.6 Å². The van der Waals surface area contributed by atoms with E-state index in [1.807, 2.05) is 54.6 Å². The zero-order valence-electron chi connectivity index (χ0n) is 19.9. The Balaban J connectivity index is 1.40. The Labute approximate surface area is 214 Å². The lowest BCUT2D eigenvalue weighted by molar-refractivity contribution is 0.0600. The number of amides is 1. The van der Waals surface area contributed by atoms with Crippen LogP contribution in [0.2, 0.25) is 0 Å². The summed E-state index contributed by atoms with van der Waals surface area (Å²) < 4.78 is 11.1. The summed E-state index contributed by atoms with van der Waals surface area (Å²) in [5, 5.41) is 3.48. The highest BCUT2D eigenvalue weighted by molar-refractivity contribution is 7.17. The molecule has 1 N–H and O–H groups in total. The molecule has 4 aromatic rings. The third kappa shape index (κ3) is 5.17. The van der Waals surface area contributed by atoms with E-state index in [0.717, 1.165) is 23.5 Å². The molecule has 0 spiro atoms. The number of ether oxygens (including phenoxy) is 2. The fraction of sp³-hybridized carbons (Fsp3) is 0.172. The number of esters is 1. The second kappa shape index (κ2) is 10.8. The molecule has 0 atom stereocenters. The van der Waals surface area contributed by atoms with Gasteiger partial charge in [0, 0.05) is 24.5 Å². The van der Waals surface area contributed by atoms with Crippen molar-refractivity contribution >= 4 is 28.2 Å². The molecule has 0 saturated carbocycles. The quantitative estimate of drug-likeness (QED) is 0.310. The normalized spacial score (nSPS) is 13.0. The molecule has 0 radical (unpaired) electrons. The monoisotopic (exact) mass is 498 g/mol. The summed E-state index contributed by atoms with van der Waals surface area (Å²) in [6.45, 7) is 2.36. The molecule has 1 aliphatic rings. The number of carbonyl (C=O) groups is 2. The van der Waals surface area contributed by atoms with Crippen LogP contribution < -0.4 is 10.1 Å². The van der Waals surface area contributed by atoms with Crippen molar-refractivity contribution in [3.8, 4) is 11.5 Å². The molecule has 2 heterocycles. The van der Waals surface area contributed by atoms with E-state index in [1.165, 1.54) is 24.0 Å². The number of nitrogens with one attached hydrogen (secondary N) is 1. The molecule has 6 nitrogen and oxygen atoms in total. The van der Waals surface area contributed by atoms with Gasteiger partial charge in [0.25, 0.3) is 5.91 Å². The fourth-order valence-electron chi connectivity index (χ4n) is 4.37. The molecule has 3 aromatic carbocycles. The van der Waals surface area contributed by atoms with Crippen LogP contribution in [0.5, 0.6) is 11.5 Å². The van der Waals surface area contributed by atoms with Gasteiger partial charge in [-0.1, -0.05) is 60.7 Å². The predicted octanol–water partition coefficient (Wildman–Crippen LogP) is 6.14. The fourth-order valence-corrected chi connectivity index (χ4v) is 5.64. The summed E-state index contributed by atoms with van der Waals surface area (Å²) in [5.74, 6) is 0.300. The number of methoxy groups -OCH3 is 1. The van der Waals surface area contributed by atoms with Gasteiger partial charge in [-0.05, 0) is 41.8 Å². The van der Waals surface area contributed by atoms with E-state index >= 15 is 0 Å². The van der Waals surface area contributed by atoms with Crippen molar-refractivity contribution in [2.75, 3.05) is 19.0 Å². The lowest BCUT2D eigenvalue weighted by atomic mass is 10.0. The minimum atomic E-state index is -0.437. The Hall–Kier alpha value is -3.94. The van der Waals surface area contributed by atoms with Crippen molar-refractivity contribution in [1.82, 2.24) is 4.90 Å². The van der Waals surface area contributed by atoms with Crippen molar-refractivity contribution < 1.29 is 19.1 Å². The Morgan fingerprint density at radius 1 is 0.944 bits per heavy atom. The Morgan fingerprint density at radius 3 is 2.39 bits per heavy atom. The lowest BCUT2D eigenvalue weighted by Crippen LogP contribution is -2.29. The van der Waals surface area contributed by atoms with E-state index in [9.17, 15) is 9.59 Å². The SMILES string of the molecule is COC(=O)c1c(NC(=O)c2ccccc2Oc2ccccc2)sc2c1CCN(Cc1ccccc1)C2. The second-order valence-electron chi connectivity index (χ2n) is 8.51. The molecule has 36 heavy (non-hydrogen) atoms. The predicted molar refractivity (Wildman–Crippen MR) is 141 cm³/mol. The van der Waals surface area contributed by atoms with Gasteiger partial charge in [-0.2, -0.15) is 0 Å². The van der Waals surface area contributed by atoms with E-state index in [-0.39, 0.29) is 5.91 Å². The molecule has 182 valence electrons. The molecule has 1 amide bonds. The highest BCUT2D eigenvalue weighted by Gasteiger charge is 2.30. The average Bonchev–Trinajstić information content (AvgIpc) is 3.26. The number of para-hydroxylation sites is 2. The Kier molecular flexibility index (Phi) is 7.11. The summed E-state index contributed by atoms with van der Waals surface area (Å²) in [6.07, 6.45) is 0.715. The molecule has 0 unspecified atom stereocenters. The molecule has 1 aromatic heterocycles. The van der Waals surface area contributed by atoms with Gasteiger partial charge in [0.1, 0.15) is 16.5 Å². The van der Waals surface area contributed by atoms with E-state index in [4.69, 9.17) is 9.47 Å². The highest BCUT2D eigenvalue weighted by atomic mass is 32.1. The standard InChI is InChI=1S/C29H26N2O4S/c1-34-29(33)26-23-16-17-31(18-20-10-4-2-5-11-20)19-25(23)36-28(26)30-27(32)22-14-8-9-15-24(22)35-21-12-6-3-7-13-21/h2-15H,16-19H2,1H3,(H,30,32). The van der Waals surface area contributed by atoms with Crippen LogP contribution >= 0.6 is 11.3 Å². The first-order valence-corrected chi connectivity index (χ1v) is 12.6. The molecule has 0 saturated heterocycles. The van der Waals surface area contributed by atoms with Gasteiger partial charge in [-0.3, -0.25) is 9.69 Å². The van der Waals surface area contributed by atoms with Crippen molar-refractivity contribution in [3.63, 3.8) is 0 Å². The number of anilines is 1. The number of hydrogen-bond acceptors (Lipinski definition) is 6. The zero-order chi connectivity index (χ0) is 24.9. The Bertz CT molecular complexity index is 1370. The van der Waals surface area contributed by atoms with Crippen LogP contribution in [-0.2, 0) is 24.2 Å². The van der Waals surface area contributed by atoms with Crippen LogP contribution in [0.25, 0.3) is 0 Å². The summed E-state index contributed by atoms with van der Waals surface area (Å²) in [4.78, 5) is 29.5. The minimum absolute atomic E-state index is 0.341. The number of rotatable bonds is 7. The maximum atomic E-state index is 13.4. The molecule has 0 aliphatic carbocycles. The number of hydrogen-bond donors (Lipinski definition) is 1.